The fraction of sp³-hybridized carbons (Fsp3) is 0.333. The van der Waals surface area contributed by atoms with Gasteiger partial charge in [-0.25, -0.2) is 8.42 Å². The summed E-state index contributed by atoms with van der Waals surface area (Å²) in [6.07, 6.45) is 0. The third kappa shape index (κ3) is 5.36. The van der Waals surface area contributed by atoms with Gasteiger partial charge in [0.15, 0.2) is 0 Å². The summed E-state index contributed by atoms with van der Waals surface area (Å²) in [5.74, 6) is -0.357. The molecule has 0 bridgehead atoms. The van der Waals surface area contributed by atoms with Gasteiger partial charge >= 0.3 is 0 Å². The van der Waals surface area contributed by atoms with Crippen molar-refractivity contribution in [3.63, 3.8) is 0 Å². The number of carbonyl (C=O) groups excluding carboxylic acids is 2. The first-order chi connectivity index (χ1) is 15.4. The number of benzene rings is 2. The molecule has 11 heteroatoms. The Balaban J connectivity index is 1.71. The summed E-state index contributed by atoms with van der Waals surface area (Å²) in [4.78, 5) is 24.8. The van der Waals surface area contributed by atoms with Gasteiger partial charge in [0.2, 0.25) is 15.9 Å². The summed E-state index contributed by atoms with van der Waals surface area (Å²) in [7, 11) is -0.897. The number of carbonyl (C=O) groups is 2. The Bertz CT molecular complexity index is 1080. The molecule has 1 saturated heterocycles. The van der Waals surface area contributed by atoms with Gasteiger partial charge in [0.05, 0.1) is 50.1 Å². The fourth-order valence-electron chi connectivity index (χ4n) is 3.16. The van der Waals surface area contributed by atoms with Crippen molar-refractivity contribution in [1.82, 2.24) is 9.62 Å². The molecule has 1 aliphatic heterocycles. The molecule has 2 amide bonds. The molecule has 2 N–H and O–H groups in total. The lowest BCUT2D eigenvalue weighted by atomic mass is 10.2. The Morgan fingerprint density at radius 3 is 2.41 bits per heavy atom. The number of nitrogens with one attached hydrogen (secondary N) is 2. The van der Waals surface area contributed by atoms with Gasteiger partial charge in [0.1, 0.15) is 11.5 Å². The number of sulfonamides is 1. The van der Waals surface area contributed by atoms with Crippen LogP contribution in [0.15, 0.2) is 47.4 Å². The third-order valence-electron chi connectivity index (χ3n) is 4.81. The van der Waals surface area contributed by atoms with Crippen LogP contribution in [0.2, 0.25) is 0 Å². The summed E-state index contributed by atoms with van der Waals surface area (Å²) in [6, 6.07) is 10.9. The van der Waals surface area contributed by atoms with E-state index >= 15 is 0 Å². The van der Waals surface area contributed by atoms with Gasteiger partial charge in [-0.05, 0) is 30.3 Å². The van der Waals surface area contributed by atoms with Crippen molar-refractivity contribution in [1.29, 1.82) is 0 Å². The van der Waals surface area contributed by atoms with Crippen LogP contribution in [0.25, 0.3) is 0 Å². The van der Waals surface area contributed by atoms with Crippen LogP contribution in [0.4, 0.5) is 5.69 Å². The molecular formula is C21H25N3O7S. The first-order valence-corrected chi connectivity index (χ1v) is 11.3. The Hall–Kier alpha value is -3.15. The molecule has 172 valence electrons. The van der Waals surface area contributed by atoms with E-state index in [1.54, 1.807) is 24.3 Å². The van der Waals surface area contributed by atoms with E-state index in [-0.39, 0.29) is 36.0 Å². The third-order valence-corrected chi connectivity index (χ3v) is 6.71. The lowest BCUT2D eigenvalue weighted by Gasteiger charge is -2.26. The lowest BCUT2D eigenvalue weighted by molar-refractivity contribution is -0.115. The normalized spacial score (nSPS) is 14.4. The van der Waals surface area contributed by atoms with Crippen molar-refractivity contribution in [2.75, 3.05) is 52.4 Å². The van der Waals surface area contributed by atoms with E-state index in [0.717, 1.165) is 0 Å². The number of hydrogen-bond acceptors (Lipinski definition) is 7. The standard InChI is InChI=1S/C21H25N3O7S/c1-29-18-6-4-3-5-16(18)21(26)22-14-20(25)23-17-13-15(7-8-19(17)30-2)32(27,28)24-9-11-31-12-10-24/h3-8,13H,9-12,14H2,1-2H3,(H,22,26)(H,23,25). The van der Waals surface area contributed by atoms with E-state index in [9.17, 15) is 18.0 Å². The van der Waals surface area contributed by atoms with Crippen LogP contribution >= 0.6 is 0 Å². The van der Waals surface area contributed by atoms with Crippen LogP contribution in [0, 0.1) is 0 Å². The summed E-state index contributed by atoms with van der Waals surface area (Å²) < 4.78 is 42.7. The summed E-state index contributed by atoms with van der Waals surface area (Å²) >= 11 is 0. The van der Waals surface area contributed by atoms with Gasteiger partial charge < -0.3 is 24.8 Å². The van der Waals surface area contributed by atoms with Gasteiger partial charge in [0.25, 0.3) is 5.91 Å². The molecule has 2 aromatic rings. The van der Waals surface area contributed by atoms with Crippen LogP contribution in [-0.2, 0) is 19.6 Å². The van der Waals surface area contributed by atoms with Gasteiger partial charge in [-0.15, -0.1) is 0 Å². The quantitative estimate of drug-likeness (QED) is 0.601. The highest BCUT2D eigenvalue weighted by Crippen LogP contribution is 2.29. The van der Waals surface area contributed by atoms with E-state index in [1.807, 2.05) is 0 Å². The van der Waals surface area contributed by atoms with E-state index in [0.29, 0.717) is 24.5 Å². The summed E-state index contributed by atoms with van der Waals surface area (Å²) in [5.41, 5.74) is 0.470. The summed E-state index contributed by atoms with van der Waals surface area (Å²) in [6.45, 7) is 0.826. The lowest BCUT2D eigenvalue weighted by Crippen LogP contribution is -2.40. The van der Waals surface area contributed by atoms with Gasteiger partial charge in [-0.2, -0.15) is 4.31 Å². The molecule has 0 saturated carbocycles. The van der Waals surface area contributed by atoms with Crippen LogP contribution in [0.5, 0.6) is 11.5 Å². The highest BCUT2D eigenvalue weighted by atomic mass is 32.2. The molecule has 3 rings (SSSR count). The molecule has 1 fully saturated rings. The zero-order valence-electron chi connectivity index (χ0n) is 17.8. The monoisotopic (exact) mass is 463 g/mol. The number of para-hydroxylation sites is 1. The Kier molecular flexibility index (Phi) is 7.67. The Morgan fingerprint density at radius 1 is 1.03 bits per heavy atom. The SMILES string of the molecule is COc1ccc(S(=O)(=O)N2CCOCC2)cc1NC(=O)CNC(=O)c1ccccc1OC. The molecule has 0 aromatic heterocycles. The minimum atomic E-state index is -3.75. The molecule has 2 aromatic carbocycles. The zero-order chi connectivity index (χ0) is 23.1. The van der Waals surface area contributed by atoms with Crippen molar-refractivity contribution in [2.45, 2.75) is 4.90 Å². The highest BCUT2D eigenvalue weighted by Gasteiger charge is 2.27. The molecule has 0 spiro atoms. The maximum absolute atomic E-state index is 12.9. The Morgan fingerprint density at radius 2 is 1.72 bits per heavy atom. The molecule has 32 heavy (non-hydrogen) atoms. The second-order valence-electron chi connectivity index (χ2n) is 6.81. The highest BCUT2D eigenvalue weighted by molar-refractivity contribution is 7.89. The summed E-state index contributed by atoms with van der Waals surface area (Å²) in [5, 5.41) is 5.11. The predicted molar refractivity (Wildman–Crippen MR) is 117 cm³/mol. The number of anilines is 1. The van der Waals surface area contributed by atoms with Crippen LogP contribution < -0.4 is 20.1 Å². The van der Waals surface area contributed by atoms with Gasteiger partial charge in [-0.1, -0.05) is 12.1 Å². The van der Waals surface area contributed by atoms with Crippen molar-refractivity contribution in [3.05, 3.63) is 48.0 Å². The molecule has 0 radical (unpaired) electrons. The van der Waals surface area contributed by atoms with Crippen LogP contribution in [0.3, 0.4) is 0 Å². The number of ether oxygens (including phenoxy) is 3. The molecule has 1 aliphatic rings. The second kappa shape index (κ2) is 10.4. The molecule has 0 atom stereocenters. The predicted octanol–water partition coefficient (Wildman–Crippen LogP) is 1.09. The molecule has 0 aliphatic carbocycles. The molecule has 0 unspecified atom stereocenters. The van der Waals surface area contributed by atoms with Crippen LogP contribution in [0.1, 0.15) is 10.4 Å². The Labute approximate surface area is 186 Å². The largest absolute Gasteiger partial charge is 0.496 e. The van der Waals surface area contributed by atoms with E-state index < -0.39 is 21.8 Å². The van der Waals surface area contributed by atoms with E-state index in [4.69, 9.17) is 14.2 Å². The molecule has 10 nitrogen and oxygen atoms in total. The first-order valence-electron chi connectivity index (χ1n) is 9.84. The number of methoxy groups -OCH3 is 2. The van der Waals surface area contributed by atoms with E-state index in [2.05, 4.69) is 10.6 Å². The van der Waals surface area contributed by atoms with Crippen LogP contribution in [-0.4, -0.2) is 71.6 Å². The maximum atomic E-state index is 12.9. The number of amides is 2. The van der Waals surface area contributed by atoms with Crippen molar-refractivity contribution < 1.29 is 32.2 Å². The molecule has 1 heterocycles. The van der Waals surface area contributed by atoms with Crippen molar-refractivity contribution >= 4 is 27.5 Å². The topological polar surface area (TPSA) is 123 Å². The van der Waals surface area contributed by atoms with E-state index in [1.165, 1.54) is 36.7 Å². The average Bonchev–Trinajstić information content (AvgIpc) is 2.83. The fourth-order valence-corrected chi connectivity index (χ4v) is 4.60. The number of morpholine rings is 1. The minimum absolute atomic E-state index is 0.0218. The smallest absolute Gasteiger partial charge is 0.255 e. The number of nitrogens with zero attached hydrogens (tertiary/aromatic N) is 1. The molecular weight excluding hydrogens is 438 g/mol. The first kappa shape index (κ1) is 23.5. The minimum Gasteiger partial charge on any atom is -0.496 e. The van der Waals surface area contributed by atoms with Gasteiger partial charge in [-0.3, -0.25) is 9.59 Å². The maximum Gasteiger partial charge on any atom is 0.255 e. The second-order valence-corrected chi connectivity index (χ2v) is 8.75. The van der Waals surface area contributed by atoms with Gasteiger partial charge in [0, 0.05) is 13.1 Å². The number of hydrogen-bond donors (Lipinski definition) is 2. The number of rotatable bonds is 8. The average molecular weight is 464 g/mol. The van der Waals surface area contributed by atoms with Crippen molar-refractivity contribution in [3.8, 4) is 11.5 Å². The van der Waals surface area contributed by atoms with Crippen molar-refractivity contribution in [2.24, 2.45) is 0 Å². The zero-order valence-corrected chi connectivity index (χ0v) is 18.6.